The van der Waals surface area contributed by atoms with Gasteiger partial charge in [0.15, 0.2) is 0 Å². The molecule has 1 amide bonds. The fourth-order valence-corrected chi connectivity index (χ4v) is 2.77. The smallest absolute Gasteiger partial charge is 0.307 e. The van der Waals surface area contributed by atoms with E-state index in [9.17, 15) is 9.59 Å². The molecule has 1 fully saturated rings. The molecule has 1 aliphatic heterocycles. The van der Waals surface area contributed by atoms with Gasteiger partial charge in [0, 0.05) is 16.7 Å². The molecule has 0 saturated carbocycles. The molecule has 1 aromatic rings. The van der Waals surface area contributed by atoms with E-state index in [0.717, 1.165) is 23.1 Å². The lowest BCUT2D eigenvalue weighted by atomic mass is 9.97. The number of halogens is 1. The van der Waals surface area contributed by atoms with E-state index in [1.165, 1.54) is 0 Å². The van der Waals surface area contributed by atoms with Gasteiger partial charge in [0.1, 0.15) is 0 Å². The van der Waals surface area contributed by atoms with Crippen molar-refractivity contribution in [3.8, 4) is 0 Å². The highest BCUT2D eigenvalue weighted by molar-refractivity contribution is 9.10. The van der Waals surface area contributed by atoms with Crippen molar-refractivity contribution in [2.75, 3.05) is 18.4 Å². The second-order valence-corrected chi connectivity index (χ2v) is 6.26. The van der Waals surface area contributed by atoms with Crippen LogP contribution in [0.25, 0.3) is 0 Å². The fourth-order valence-electron chi connectivity index (χ4n) is 2.51. The molecular weight excluding hydrogens is 336 g/mol. The highest BCUT2D eigenvalue weighted by Crippen LogP contribution is 2.20. The third-order valence-corrected chi connectivity index (χ3v) is 4.37. The molecule has 1 aromatic carbocycles. The number of nitrogens with zero attached hydrogens (tertiary/aromatic N) is 1. The number of rotatable bonds is 4. The second-order valence-electron chi connectivity index (χ2n) is 5.34. The SMILES string of the molecule is CC(C(=O)Nc1ccc(Br)cc1)N1CCCC(C(=O)O)C1. The van der Waals surface area contributed by atoms with Crippen LogP contribution in [0.2, 0.25) is 0 Å². The Labute approximate surface area is 132 Å². The number of aliphatic carboxylic acids is 1. The van der Waals surface area contributed by atoms with E-state index in [0.29, 0.717) is 13.0 Å². The Morgan fingerprint density at radius 1 is 1.38 bits per heavy atom. The van der Waals surface area contributed by atoms with E-state index in [4.69, 9.17) is 5.11 Å². The summed E-state index contributed by atoms with van der Waals surface area (Å²) in [5.74, 6) is -1.26. The van der Waals surface area contributed by atoms with Gasteiger partial charge in [-0.1, -0.05) is 15.9 Å². The Hall–Kier alpha value is -1.40. The van der Waals surface area contributed by atoms with Crippen LogP contribution in [0.5, 0.6) is 0 Å². The Morgan fingerprint density at radius 2 is 2.05 bits per heavy atom. The molecule has 114 valence electrons. The summed E-state index contributed by atoms with van der Waals surface area (Å²) in [6.45, 7) is 3.02. The average molecular weight is 355 g/mol. The summed E-state index contributed by atoms with van der Waals surface area (Å²) >= 11 is 3.35. The monoisotopic (exact) mass is 354 g/mol. The van der Waals surface area contributed by atoms with Gasteiger partial charge >= 0.3 is 5.97 Å². The Bertz CT molecular complexity index is 518. The number of carboxylic acid groups (broad SMARTS) is 1. The molecule has 0 bridgehead atoms. The van der Waals surface area contributed by atoms with E-state index >= 15 is 0 Å². The molecule has 0 spiro atoms. The normalized spacial score (nSPS) is 20.8. The number of benzene rings is 1. The standard InChI is InChI=1S/C15H19BrN2O3/c1-10(18-8-2-3-11(9-18)15(20)21)14(19)17-13-6-4-12(16)5-7-13/h4-7,10-11H,2-3,8-9H2,1H3,(H,17,19)(H,20,21). The van der Waals surface area contributed by atoms with Gasteiger partial charge in [0.25, 0.3) is 0 Å². The topological polar surface area (TPSA) is 69.6 Å². The lowest BCUT2D eigenvalue weighted by molar-refractivity contribution is -0.144. The molecule has 1 saturated heterocycles. The zero-order valence-corrected chi connectivity index (χ0v) is 13.5. The van der Waals surface area contributed by atoms with Crippen molar-refractivity contribution in [3.05, 3.63) is 28.7 Å². The zero-order chi connectivity index (χ0) is 15.4. The maximum atomic E-state index is 12.3. The molecule has 2 N–H and O–H groups in total. The largest absolute Gasteiger partial charge is 0.481 e. The van der Waals surface area contributed by atoms with Crippen molar-refractivity contribution < 1.29 is 14.7 Å². The van der Waals surface area contributed by atoms with Crippen molar-refractivity contribution in [2.45, 2.75) is 25.8 Å². The lowest BCUT2D eigenvalue weighted by Gasteiger charge is -2.34. The molecule has 6 heteroatoms. The number of likely N-dealkylation sites (tertiary alicyclic amines) is 1. The third kappa shape index (κ3) is 4.28. The minimum Gasteiger partial charge on any atom is -0.481 e. The van der Waals surface area contributed by atoms with Crippen molar-refractivity contribution in [1.29, 1.82) is 0 Å². The van der Waals surface area contributed by atoms with Crippen LogP contribution in [0.15, 0.2) is 28.7 Å². The van der Waals surface area contributed by atoms with Crippen LogP contribution < -0.4 is 5.32 Å². The molecule has 5 nitrogen and oxygen atoms in total. The van der Waals surface area contributed by atoms with Crippen LogP contribution in [0.1, 0.15) is 19.8 Å². The molecular formula is C15H19BrN2O3. The molecule has 2 unspecified atom stereocenters. The van der Waals surface area contributed by atoms with Crippen LogP contribution in [0, 0.1) is 5.92 Å². The van der Waals surface area contributed by atoms with Crippen LogP contribution in [-0.4, -0.2) is 41.0 Å². The highest BCUT2D eigenvalue weighted by Gasteiger charge is 2.30. The molecule has 21 heavy (non-hydrogen) atoms. The zero-order valence-electron chi connectivity index (χ0n) is 11.9. The van der Waals surface area contributed by atoms with Crippen molar-refractivity contribution in [3.63, 3.8) is 0 Å². The van der Waals surface area contributed by atoms with Crippen LogP contribution in [0.3, 0.4) is 0 Å². The number of hydrogen-bond donors (Lipinski definition) is 2. The van der Waals surface area contributed by atoms with Gasteiger partial charge in [-0.2, -0.15) is 0 Å². The minimum absolute atomic E-state index is 0.108. The van der Waals surface area contributed by atoms with E-state index in [2.05, 4.69) is 21.2 Å². The summed E-state index contributed by atoms with van der Waals surface area (Å²) in [6.07, 6.45) is 1.50. The average Bonchev–Trinajstić information content (AvgIpc) is 2.49. The minimum atomic E-state index is -0.778. The van der Waals surface area contributed by atoms with Crippen LogP contribution in [-0.2, 0) is 9.59 Å². The molecule has 0 radical (unpaired) electrons. The predicted octanol–water partition coefficient (Wildman–Crippen LogP) is 2.57. The maximum Gasteiger partial charge on any atom is 0.307 e. The molecule has 0 aliphatic carbocycles. The summed E-state index contributed by atoms with van der Waals surface area (Å²) in [4.78, 5) is 25.3. The van der Waals surface area contributed by atoms with Gasteiger partial charge in [-0.3, -0.25) is 14.5 Å². The number of carbonyl (C=O) groups excluding carboxylic acids is 1. The molecule has 1 aliphatic rings. The number of amides is 1. The third-order valence-electron chi connectivity index (χ3n) is 3.84. The van der Waals surface area contributed by atoms with E-state index < -0.39 is 5.97 Å². The Morgan fingerprint density at radius 3 is 2.67 bits per heavy atom. The summed E-state index contributed by atoms with van der Waals surface area (Å²) in [6, 6.07) is 7.04. The quantitative estimate of drug-likeness (QED) is 0.871. The number of carboxylic acids is 1. The summed E-state index contributed by atoms with van der Waals surface area (Å²) < 4.78 is 0.953. The summed E-state index contributed by atoms with van der Waals surface area (Å²) in [5, 5.41) is 12.0. The first-order chi connectivity index (χ1) is 9.97. The van der Waals surface area contributed by atoms with Gasteiger partial charge in [-0.05, 0) is 50.6 Å². The van der Waals surface area contributed by atoms with Crippen molar-refractivity contribution >= 4 is 33.5 Å². The van der Waals surface area contributed by atoms with Crippen LogP contribution >= 0.6 is 15.9 Å². The Balaban J connectivity index is 1.95. The molecule has 2 rings (SSSR count). The van der Waals surface area contributed by atoms with Gasteiger partial charge in [0.2, 0.25) is 5.91 Å². The number of nitrogens with one attached hydrogen (secondary N) is 1. The van der Waals surface area contributed by atoms with Gasteiger partial charge in [0.05, 0.1) is 12.0 Å². The Kier molecular flexibility index (Phi) is 5.36. The second kappa shape index (κ2) is 7.04. The first-order valence-corrected chi connectivity index (χ1v) is 7.80. The van der Waals surface area contributed by atoms with E-state index in [-0.39, 0.29) is 17.9 Å². The summed E-state index contributed by atoms with van der Waals surface area (Å²) in [5.41, 5.74) is 0.738. The number of piperidine rings is 1. The first kappa shape index (κ1) is 16.0. The highest BCUT2D eigenvalue weighted by atomic mass is 79.9. The number of carbonyl (C=O) groups is 2. The molecule has 1 heterocycles. The van der Waals surface area contributed by atoms with Crippen molar-refractivity contribution in [1.82, 2.24) is 4.90 Å². The van der Waals surface area contributed by atoms with Gasteiger partial charge in [-0.15, -0.1) is 0 Å². The molecule has 2 atom stereocenters. The van der Waals surface area contributed by atoms with E-state index in [1.807, 2.05) is 36.1 Å². The lowest BCUT2D eigenvalue weighted by Crippen LogP contribution is -2.48. The summed E-state index contributed by atoms with van der Waals surface area (Å²) in [7, 11) is 0. The number of hydrogen-bond acceptors (Lipinski definition) is 3. The fraction of sp³-hybridized carbons (Fsp3) is 0.467. The first-order valence-electron chi connectivity index (χ1n) is 7.00. The van der Waals surface area contributed by atoms with Crippen molar-refractivity contribution in [2.24, 2.45) is 5.92 Å². The van der Waals surface area contributed by atoms with Gasteiger partial charge < -0.3 is 10.4 Å². The number of anilines is 1. The predicted molar refractivity (Wildman–Crippen MR) is 84.2 cm³/mol. The van der Waals surface area contributed by atoms with Gasteiger partial charge in [-0.25, -0.2) is 0 Å². The van der Waals surface area contributed by atoms with E-state index in [1.54, 1.807) is 0 Å². The molecule has 0 aromatic heterocycles. The maximum absolute atomic E-state index is 12.3. The van der Waals surface area contributed by atoms with Crippen LogP contribution in [0.4, 0.5) is 5.69 Å².